The number of amides is 1. The molecule has 1 unspecified atom stereocenters. The van der Waals surface area contributed by atoms with Crippen LogP contribution in [0, 0.1) is 24.0 Å². The molecule has 1 atom stereocenters. The van der Waals surface area contributed by atoms with Gasteiger partial charge in [0.05, 0.1) is 5.56 Å². The molecule has 0 bridgehead atoms. The maximum atomic E-state index is 13.6. The molecule has 21 heavy (non-hydrogen) atoms. The van der Waals surface area contributed by atoms with Crippen molar-refractivity contribution in [2.24, 2.45) is 5.41 Å². The first-order valence-corrected chi connectivity index (χ1v) is 6.86. The van der Waals surface area contributed by atoms with Crippen molar-refractivity contribution in [2.45, 2.75) is 26.7 Å². The number of nitrogens with one attached hydrogen (secondary N) is 2. The maximum absolute atomic E-state index is 13.6. The molecule has 0 radical (unpaired) electrons. The molecule has 2 N–H and O–H groups in total. The lowest BCUT2D eigenvalue weighted by molar-refractivity contribution is 0.0920. The number of benzene rings is 1. The first-order valence-electron chi connectivity index (χ1n) is 6.86. The van der Waals surface area contributed by atoms with E-state index in [4.69, 9.17) is 0 Å². The van der Waals surface area contributed by atoms with Crippen molar-refractivity contribution < 1.29 is 13.6 Å². The molecule has 0 saturated carbocycles. The largest absolute Gasteiger partial charge is 0.351 e. The first-order chi connectivity index (χ1) is 9.41. The molecule has 1 aromatic rings. The van der Waals surface area contributed by atoms with Gasteiger partial charge in [-0.1, -0.05) is 6.92 Å². The molecule has 0 aromatic heterocycles. The van der Waals surface area contributed by atoms with E-state index in [1.165, 1.54) is 13.0 Å². The highest BCUT2D eigenvalue weighted by molar-refractivity contribution is 5.94. The highest BCUT2D eigenvalue weighted by atomic mass is 35.5. The van der Waals surface area contributed by atoms with Crippen molar-refractivity contribution in [3.63, 3.8) is 0 Å². The fraction of sp³-hybridized carbons (Fsp3) is 0.533. The van der Waals surface area contributed by atoms with Crippen LogP contribution in [0.4, 0.5) is 8.78 Å². The van der Waals surface area contributed by atoms with E-state index in [0.717, 1.165) is 32.0 Å². The molecule has 1 saturated heterocycles. The molecule has 1 heterocycles. The predicted octanol–water partition coefficient (Wildman–Crippen LogP) is 2.81. The van der Waals surface area contributed by atoms with Crippen LogP contribution in [0.1, 0.15) is 35.7 Å². The third-order valence-electron chi connectivity index (χ3n) is 3.85. The number of piperidine rings is 1. The zero-order valence-electron chi connectivity index (χ0n) is 12.3. The Labute approximate surface area is 129 Å². The number of rotatable bonds is 3. The van der Waals surface area contributed by atoms with Crippen molar-refractivity contribution >= 4 is 18.3 Å². The molecule has 1 aromatic carbocycles. The van der Waals surface area contributed by atoms with E-state index in [1.54, 1.807) is 0 Å². The van der Waals surface area contributed by atoms with Gasteiger partial charge in [-0.15, -0.1) is 12.4 Å². The van der Waals surface area contributed by atoms with E-state index in [2.05, 4.69) is 17.6 Å². The third kappa shape index (κ3) is 4.38. The van der Waals surface area contributed by atoms with Crippen LogP contribution in [-0.4, -0.2) is 25.5 Å². The molecule has 1 fully saturated rings. The first kappa shape index (κ1) is 17.9. The minimum Gasteiger partial charge on any atom is -0.351 e. The summed E-state index contributed by atoms with van der Waals surface area (Å²) >= 11 is 0. The second-order valence-corrected chi connectivity index (χ2v) is 5.85. The molecule has 6 heteroatoms. The summed E-state index contributed by atoms with van der Waals surface area (Å²) in [6.45, 7) is 5.91. The summed E-state index contributed by atoms with van der Waals surface area (Å²) in [6, 6.07) is 2.01. The quantitative estimate of drug-likeness (QED) is 0.900. The van der Waals surface area contributed by atoms with E-state index in [9.17, 15) is 13.6 Å². The molecule has 0 aliphatic carbocycles. The molecule has 1 amide bonds. The van der Waals surface area contributed by atoms with Gasteiger partial charge in [0.1, 0.15) is 11.6 Å². The normalized spacial score (nSPS) is 21.5. The molecule has 1 aliphatic heterocycles. The minimum absolute atomic E-state index is 0. The summed E-state index contributed by atoms with van der Waals surface area (Å²) in [7, 11) is 0. The Morgan fingerprint density at radius 2 is 2.10 bits per heavy atom. The Hall–Kier alpha value is -1.20. The van der Waals surface area contributed by atoms with Gasteiger partial charge in [0.15, 0.2) is 0 Å². The van der Waals surface area contributed by atoms with Crippen LogP contribution in [0.15, 0.2) is 12.1 Å². The van der Waals surface area contributed by atoms with E-state index < -0.39 is 17.5 Å². The standard InChI is InChI=1S/C15H20F2N2O.ClH/c1-10-6-11(13(17)7-12(10)16)14(20)19-9-15(2)4-3-5-18-8-15;/h6-7,18H,3-5,8-9H2,1-2H3,(H,19,20);1H. The topological polar surface area (TPSA) is 41.1 Å². The fourth-order valence-electron chi connectivity index (χ4n) is 2.49. The van der Waals surface area contributed by atoms with E-state index in [1.807, 2.05) is 0 Å². The van der Waals surface area contributed by atoms with Crippen molar-refractivity contribution in [3.8, 4) is 0 Å². The molecule has 1 aliphatic rings. The van der Waals surface area contributed by atoms with Crippen LogP contribution in [0.2, 0.25) is 0 Å². The van der Waals surface area contributed by atoms with Gasteiger partial charge >= 0.3 is 0 Å². The van der Waals surface area contributed by atoms with Crippen molar-refractivity contribution in [1.29, 1.82) is 0 Å². The second kappa shape index (κ2) is 7.18. The van der Waals surface area contributed by atoms with Gasteiger partial charge < -0.3 is 10.6 Å². The Bertz CT molecular complexity index is 517. The highest BCUT2D eigenvalue weighted by Crippen LogP contribution is 2.24. The molecule has 118 valence electrons. The average molecular weight is 319 g/mol. The predicted molar refractivity (Wildman–Crippen MR) is 80.9 cm³/mol. The maximum Gasteiger partial charge on any atom is 0.254 e. The van der Waals surface area contributed by atoms with Gasteiger partial charge in [-0.25, -0.2) is 8.78 Å². The summed E-state index contributed by atoms with van der Waals surface area (Å²) in [5, 5.41) is 6.05. The van der Waals surface area contributed by atoms with Crippen LogP contribution in [0.5, 0.6) is 0 Å². The van der Waals surface area contributed by atoms with Gasteiger partial charge in [-0.3, -0.25) is 4.79 Å². The monoisotopic (exact) mass is 318 g/mol. The Kier molecular flexibility index (Phi) is 6.10. The highest BCUT2D eigenvalue weighted by Gasteiger charge is 2.27. The van der Waals surface area contributed by atoms with E-state index in [0.29, 0.717) is 6.54 Å². The number of halogens is 3. The van der Waals surface area contributed by atoms with Crippen molar-refractivity contribution in [2.75, 3.05) is 19.6 Å². The lowest BCUT2D eigenvalue weighted by atomic mass is 9.83. The van der Waals surface area contributed by atoms with Gasteiger partial charge in [0.2, 0.25) is 0 Å². The van der Waals surface area contributed by atoms with E-state index >= 15 is 0 Å². The van der Waals surface area contributed by atoms with Crippen LogP contribution in [0.25, 0.3) is 0 Å². The molecule has 2 rings (SSSR count). The van der Waals surface area contributed by atoms with Crippen LogP contribution < -0.4 is 10.6 Å². The summed E-state index contributed by atoms with van der Waals surface area (Å²) in [4.78, 5) is 12.0. The lowest BCUT2D eigenvalue weighted by Crippen LogP contribution is -2.45. The van der Waals surface area contributed by atoms with Crippen molar-refractivity contribution in [3.05, 3.63) is 34.9 Å². The number of hydrogen-bond donors (Lipinski definition) is 2. The second-order valence-electron chi connectivity index (χ2n) is 5.85. The number of aryl methyl sites for hydroxylation is 1. The van der Waals surface area contributed by atoms with E-state index in [-0.39, 0.29) is 28.9 Å². The third-order valence-corrected chi connectivity index (χ3v) is 3.85. The molecule has 3 nitrogen and oxygen atoms in total. The molecule has 0 spiro atoms. The van der Waals surface area contributed by atoms with Crippen LogP contribution in [-0.2, 0) is 0 Å². The Morgan fingerprint density at radius 1 is 1.38 bits per heavy atom. The van der Waals surface area contributed by atoms with Gasteiger partial charge in [0.25, 0.3) is 5.91 Å². The molecular formula is C15H21ClF2N2O. The summed E-state index contributed by atoms with van der Waals surface area (Å²) in [6.07, 6.45) is 2.08. The average Bonchev–Trinajstić information content (AvgIpc) is 2.41. The zero-order chi connectivity index (χ0) is 14.8. The summed E-state index contributed by atoms with van der Waals surface area (Å²) in [5.74, 6) is -1.95. The lowest BCUT2D eigenvalue weighted by Gasteiger charge is -2.34. The number of carbonyl (C=O) groups excluding carboxylic acids is 1. The van der Waals surface area contributed by atoms with Gasteiger partial charge in [-0.05, 0) is 43.4 Å². The van der Waals surface area contributed by atoms with Gasteiger partial charge in [0, 0.05) is 19.2 Å². The number of carbonyl (C=O) groups is 1. The summed E-state index contributed by atoms with van der Waals surface area (Å²) in [5.41, 5.74) is 0.151. The summed E-state index contributed by atoms with van der Waals surface area (Å²) < 4.78 is 26.8. The SMILES string of the molecule is Cc1cc(C(=O)NCC2(C)CCCNC2)c(F)cc1F.Cl. The zero-order valence-corrected chi connectivity index (χ0v) is 13.1. The Balaban J connectivity index is 0.00000220. The van der Waals surface area contributed by atoms with Crippen LogP contribution >= 0.6 is 12.4 Å². The smallest absolute Gasteiger partial charge is 0.254 e. The fourth-order valence-corrected chi connectivity index (χ4v) is 2.49. The number of hydrogen-bond acceptors (Lipinski definition) is 2. The van der Waals surface area contributed by atoms with Crippen LogP contribution in [0.3, 0.4) is 0 Å². The Morgan fingerprint density at radius 3 is 2.71 bits per heavy atom. The molecular weight excluding hydrogens is 298 g/mol. The minimum atomic E-state index is -0.822. The van der Waals surface area contributed by atoms with Gasteiger partial charge in [-0.2, -0.15) is 0 Å². The van der Waals surface area contributed by atoms with Crippen molar-refractivity contribution in [1.82, 2.24) is 10.6 Å².